The number of nitrogens with one attached hydrogen (secondary N) is 1. The number of carbonyl (C=O) groups is 1. The van der Waals surface area contributed by atoms with Gasteiger partial charge < -0.3 is 5.32 Å². The molecule has 0 aromatic heterocycles. The molecule has 0 spiro atoms. The first-order chi connectivity index (χ1) is 10.0. The third kappa shape index (κ3) is 4.82. The highest BCUT2D eigenvalue weighted by atomic mass is 32.2. The number of amides is 1. The maximum Gasteiger partial charge on any atom is 0.288 e. The molecule has 0 aliphatic heterocycles. The van der Waals surface area contributed by atoms with Crippen LogP contribution >= 0.6 is 11.8 Å². The minimum atomic E-state index is -2.56. The number of thioether (sulfide) groups is 1. The summed E-state index contributed by atoms with van der Waals surface area (Å²) in [5.74, 6) is -3.37. The Morgan fingerprint density at radius 1 is 1.14 bits per heavy atom. The Labute approximate surface area is 124 Å². The van der Waals surface area contributed by atoms with Gasteiger partial charge in [0.25, 0.3) is 5.76 Å². The molecular weight excluding hydrogens is 299 g/mol. The number of alkyl halides is 2. The molecule has 2 nitrogen and oxygen atoms in total. The molecule has 0 aliphatic rings. The van der Waals surface area contributed by atoms with Gasteiger partial charge in [-0.15, -0.1) is 0 Å². The molecule has 0 radical (unpaired) electrons. The molecule has 0 aliphatic carbocycles. The maximum absolute atomic E-state index is 13.0. The van der Waals surface area contributed by atoms with Crippen molar-refractivity contribution in [1.82, 2.24) is 0 Å². The van der Waals surface area contributed by atoms with Crippen LogP contribution in [0.2, 0.25) is 0 Å². The Hall–Kier alpha value is -1.95. The van der Waals surface area contributed by atoms with Crippen LogP contribution in [0, 0.1) is 5.82 Å². The van der Waals surface area contributed by atoms with E-state index in [1.54, 1.807) is 24.3 Å². The lowest BCUT2D eigenvalue weighted by molar-refractivity contribution is -0.115. The summed E-state index contributed by atoms with van der Waals surface area (Å²) in [5.41, 5.74) is 0.843. The number of hydrogen-bond acceptors (Lipinski definition) is 2. The van der Waals surface area contributed by atoms with Crippen molar-refractivity contribution in [1.29, 1.82) is 0 Å². The highest BCUT2D eigenvalue weighted by Crippen LogP contribution is 2.31. The molecule has 21 heavy (non-hydrogen) atoms. The van der Waals surface area contributed by atoms with Gasteiger partial charge in [-0.3, -0.25) is 4.79 Å². The molecule has 2 aromatic rings. The lowest BCUT2D eigenvalue weighted by atomic mass is 10.1. The SMILES string of the molecule is O=C(Cc1cccc(F)c1)Nc1ccccc1SC(F)F. The molecule has 0 atom stereocenters. The van der Waals surface area contributed by atoms with Crippen LogP contribution in [0.15, 0.2) is 53.4 Å². The quantitative estimate of drug-likeness (QED) is 0.833. The van der Waals surface area contributed by atoms with E-state index in [2.05, 4.69) is 5.32 Å². The summed E-state index contributed by atoms with van der Waals surface area (Å²) in [5, 5.41) is 2.57. The predicted octanol–water partition coefficient (Wildman–Crippen LogP) is 4.32. The van der Waals surface area contributed by atoms with Crippen molar-refractivity contribution in [3.05, 3.63) is 59.9 Å². The van der Waals surface area contributed by atoms with Gasteiger partial charge in [0.1, 0.15) is 5.82 Å². The van der Waals surface area contributed by atoms with Gasteiger partial charge in [-0.25, -0.2) is 4.39 Å². The molecule has 2 aromatic carbocycles. The fraction of sp³-hybridized carbons (Fsp3) is 0.133. The Morgan fingerprint density at radius 2 is 1.90 bits per heavy atom. The van der Waals surface area contributed by atoms with Crippen molar-refractivity contribution < 1.29 is 18.0 Å². The van der Waals surface area contributed by atoms with E-state index in [9.17, 15) is 18.0 Å². The van der Waals surface area contributed by atoms with Crippen LogP contribution < -0.4 is 5.32 Å². The van der Waals surface area contributed by atoms with Crippen LogP contribution in [0.3, 0.4) is 0 Å². The highest BCUT2D eigenvalue weighted by molar-refractivity contribution is 7.99. The zero-order valence-electron chi connectivity index (χ0n) is 10.9. The minimum Gasteiger partial charge on any atom is -0.325 e. The molecule has 0 heterocycles. The van der Waals surface area contributed by atoms with Crippen LogP contribution in [-0.2, 0) is 11.2 Å². The second-order valence-corrected chi connectivity index (χ2v) is 5.26. The van der Waals surface area contributed by atoms with Crippen LogP contribution in [0.25, 0.3) is 0 Å². The highest BCUT2D eigenvalue weighted by Gasteiger charge is 2.12. The summed E-state index contributed by atoms with van der Waals surface area (Å²) in [7, 11) is 0. The second-order valence-electron chi connectivity index (χ2n) is 4.23. The third-order valence-electron chi connectivity index (χ3n) is 2.63. The van der Waals surface area contributed by atoms with Gasteiger partial charge in [-0.2, -0.15) is 8.78 Å². The molecule has 110 valence electrons. The number of anilines is 1. The number of para-hydroxylation sites is 1. The van der Waals surface area contributed by atoms with E-state index in [1.807, 2.05) is 0 Å². The van der Waals surface area contributed by atoms with E-state index >= 15 is 0 Å². The van der Waals surface area contributed by atoms with Crippen LogP contribution in [0.1, 0.15) is 5.56 Å². The molecule has 0 unspecified atom stereocenters. The summed E-state index contributed by atoms with van der Waals surface area (Å²) >= 11 is 0.368. The van der Waals surface area contributed by atoms with Crippen LogP contribution in [-0.4, -0.2) is 11.7 Å². The zero-order valence-corrected chi connectivity index (χ0v) is 11.7. The number of halogens is 3. The molecule has 1 amide bonds. The molecule has 0 bridgehead atoms. The van der Waals surface area contributed by atoms with E-state index in [-0.39, 0.29) is 12.3 Å². The summed E-state index contributed by atoms with van der Waals surface area (Å²) in [4.78, 5) is 12.2. The summed E-state index contributed by atoms with van der Waals surface area (Å²) in [6, 6.07) is 12.0. The van der Waals surface area contributed by atoms with E-state index < -0.39 is 11.6 Å². The fourth-order valence-electron chi connectivity index (χ4n) is 1.80. The Morgan fingerprint density at radius 3 is 2.62 bits per heavy atom. The molecule has 0 saturated heterocycles. The van der Waals surface area contributed by atoms with Gasteiger partial charge in [0, 0.05) is 4.90 Å². The van der Waals surface area contributed by atoms with Crippen molar-refractivity contribution in [2.45, 2.75) is 17.1 Å². The largest absolute Gasteiger partial charge is 0.325 e. The average molecular weight is 311 g/mol. The molecule has 6 heteroatoms. The standard InChI is InChI=1S/C15H12F3NOS/c16-11-5-3-4-10(8-11)9-14(20)19-12-6-1-2-7-13(12)21-15(17)18/h1-8,15H,9H2,(H,19,20). The lowest BCUT2D eigenvalue weighted by Gasteiger charge is -2.10. The van der Waals surface area contributed by atoms with Crippen molar-refractivity contribution in [3.63, 3.8) is 0 Å². The van der Waals surface area contributed by atoms with Crippen LogP contribution in [0.5, 0.6) is 0 Å². The first-order valence-corrected chi connectivity index (χ1v) is 7.00. The van der Waals surface area contributed by atoms with Crippen molar-refractivity contribution in [3.8, 4) is 0 Å². The molecular formula is C15H12F3NOS. The van der Waals surface area contributed by atoms with Crippen molar-refractivity contribution >= 4 is 23.4 Å². The number of hydrogen-bond donors (Lipinski definition) is 1. The average Bonchev–Trinajstić information content (AvgIpc) is 2.40. The fourth-order valence-corrected chi connectivity index (χ4v) is 2.39. The third-order valence-corrected chi connectivity index (χ3v) is 3.42. The van der Waals surface area contributed by atoms with Crippen molar-refractivity contribution in [2.75, 3.05) is 5.32 Å². The predicted molar refractivity (Wildman–Crippen MR) is 77.0 cm³/mol. The van der Waals surface area contributed by atoms with Gasteiger partial charge in [-0.1, -0.05) is 36.0 Å². The summed E-state index contributed by atoms with van der Waals surface area (Å²) < 4.78 is 37.9. The van der Waals surface area contributed by atoms with Gasteiger partial charge in [0.15, 0.2) is 0 Å². The Balaban J connectivity index is 2.06. The smallest absolute Gasteiger partial charge is 0.288 e. The Kier molecular flexibility index (Phi) is 5.27. The monoisotopic (exact) mass is 311 g/mol. The minimum absolute atomic E-state index is 0.0224. The molecule has 0 saturated carbocycles. The zero-order chi connectivity index (χ0) is 15.2. The number of rotatable bonds is 5. The number of carbonyl (C=O) groups excluding carboxylic acids is 1. The van der Waals surface area contributed by atoms with E-state index in [0.29, 0.717) is 27.9 Å². The van der Waals surface area contributed by atoms with E-state index in [0.717, 1.165) is 0 Å². The van der Waals surface area contributed by atoms with Crippen molar-refractivity contribution in [2.24, 2.45) is 0 Å². The van der Waals surface area contributed by atoms with Gasteiger partial charge in [-0.05, 0) is 29.8 Å². The maximum atomic E-state index is 13.0. The molecule has 1 N–H and O–H groups in total. The molecule has 0 fully saturated rings. The first kappa shape index (κ1) is 15.4. The topological polar surface area (TPSA) is 29.1 Å². The van der Waals surface area contributed by atoms with E-state index in [4.69, 9.17) is 0 Å². The first-order valence-electron chi connectivity index (χ1n) is 6.13. The molecule has 2 rings (SSSR count). The Bertz CT molecular complexity index is 634. The van der Waals surface area contributed by atoms with Gasteiger partial charge in [0.05, 0.1) is 12.1 Å². The van der Waals surface area contributed by atoms with Gasteiger partial charge >= 0.3 is 0 Å². The summed E-state index contributed by atoms with van der Waals surface area (Å²) in [6.45, 7) is 0. The van der Waals surface area contributed by atoms with Gasteiger partial charge in [0.2, 0.25) is 5.91 Å². The number of benzene rings is 2. The second kappa shape index (κ2) is 7.17. The van der Waals surface area contributed by atoms with Crippen LogP contribution in [0.4, 0.5) is 18.9 Å². The summed E-state index contributed by atoms with van der Waals surface area (Å²) in [6.07, 6.45) is -0.0224. The lowest BCUT2D eigenvalue weighted by Crippen LogP contribution is -2.15. The van der Waals surface area contributed by atoms with E-state index in [1.165, 1.54) is 24.3 Å². The normalized spacial score (nSPS) is 10.7.